The Morgan fingerprint density at radius 3 is 2.67 bits per heavy atom. The predicted molar refractivity (Wildman–Crippen MR) is 88.8 cm³/mol. The lowest BCUT2D eigenvalue weighted by molar-refractivity contribution is 0.263. The van der Waals surface area contributed by atoms with Gasteiger partial charge in [0.1, 0.15) is 5.82 Å². The molecule has 0 bridgehead atoms. The zero-order valence-corrected chi connectivity index (χ0v) is 13.6. The first-order valence-electron chi connectivity index (χ1n) is 8.16. The number of hydrogen-bond acceptors (Lipinski definition) is 4. The Morgan fingerprint density at radius 2 is 2.00 bits per heavy atom. The van der Waals surface area contributed by atoms with Crippen LogP contribution in [-0.2, 0) is 0 Å². The fraction of sp³-hybridized carbons (Fsp3) is 0.706. The maximum Gasteiger partial charge on any atom is 0.239 e. The van der Waals surface area contributed by atoms with Gasteiger partial charge < -0.3 is 15.4 Å². The molecule has 4 heteroatoms. The highest BCUT2D eigenvalue weighted by Gasteiger charge is 2.17. The highest BCUT2D eigenvalue weighted by molar-refractivity contribution is 5.54. The van der Waals surface area contributed by atoms with Crippen molar-refractivity contribution in [3.63, 3.8) is 0 Å². The van der Waals surface area contributed by atoms with Gasteiger partial charge in [-0.1, -0.05) is 33.1 Å². The number of nitrogens with two attached hydrogens (primary N) is 1. The molecule has 1 aromatic heterocycles. The molecule has 0 unspecified atom stereocenters. The molecule has 1 fully saturated rings. The Labute approximate surface area is 128 Å². The van der Waals surface area contributed by atoms with Gasteiger partial charge in [-0.15, -0.1) is 0 Å². The minimum atomic E-state index is 0.467. The third-order valence-corrected chi connectivity index (χ3v) is 4.08. The molecule has 0 spiro atoms. The molecular weight excluding hydrogens is 262 g/mol. The van der Waals surface area contributed by atoms with Crippen LogP contribution in [0.4, 0.5) is 11.5 Å². The summed E-state index contributed by atoms with van der Waals surface area (Å²) in [5.74, 6) is 2.78. The van der Waals surface area contributed by atoms with Crippen molar-refractivity contribution in [2.75, 3.05) is 30.8 Å². The van der Waals surface area contributed by atoms with Crippen LogP contribution in [0.25, 0.3) is 0 Å². The molecule has 118 valence electrons. The Hall–Kier alpha value is -1.45. The van der Waals surface area contributed by atoms with Gasteiger partial charge >= 0.3 is 0 Å². The summed E-state index contributed by atoms with van der Waals surface area (Å²) in [6.45, 7) is 5.96. The second-order valence-electron chi connectivity index (χ2n) is 6.65. The van der Waals surface area contributed by atoms with Gasteiger partial charge in [0.05, 0.1) is 12.3 Å². The molecule has 0 atom stereocenters. The van der Waals surface area contributed by atoms with E-state index in [4.69, 9.17) is 10.5 Å². The number of rotatable bonds is 6. The number of anilines is 2. The van der Waals surface area contributed by atoms with Gasteiger partial charge in [-0.3, -0.25) is 0 Å². The summed E-state index contributed by atoms with van der Waals surface area (Å²) >= 11 is 0. The minimum absolute atomic E-state index is 0.467. The molecule has 0 amide bonds. The fourth-order valence-corrected chi connectivity index (χ4v) is 2.87. The van der Waals surface area contributed by atoms with Crippen LogP contribution in [0.1, 0.15) is 46.0 Å². The van der Waals surface area contributed by atoms with Crippen molar-refractivity contribution in [3.05, 3.63) is 12.1 Å². The third kappa shape index (κ3) is 4.80. The van der Waals surface area contributed by atoms with Gasteiger partial charge in [-0.2, -0.15) is 4.98 Å². The average molecular weight is 291 g/mol. The van der Waals surface area contributed by atoms with Crippen molar-refractivity contribution in [2.24, 2.45) is 11.8 Å². The molecule has 1 aromatic rings. The first-order valence-corrected chi connectivity index (χ1v) is 8.16. The van der Waals surface area contributed by atoms with E-state index in [1.165, 1.54) is 32.1 Å². The van der Waals surface area contributed by atoms with Crippen LogP contribution < -0.4 is 15.4 Å². The topological polar surface area (TPSA) is 51.4 Å². The van der Waals surface area contributed by atoms with Crippen LogP contribution >= 0.6 is 0 Å². The molecule has 4 nitrogen and oxygen atoms in total. The summed E-state index contributed by atoms with van der Waals surface area (Å²) < 4.78 is 5.72. The van der Waals surface area contributed by atoms with E-state index in [2.05, 4.69) is 30.8 Å². The highest BCUT2D eigenvalue weighted by Crippen LogP contribution is 2.27. The van der Waals surface area contributed by atoms with Gasteiger partial charge in [0, 0.05) is 13.6 Å². The van der Waals surface area contributed by atoms with E-state index < -0.39 is 0 Å². The molecular formula is C17H29N3O. The van der Waals surface area contributed by atoms with Crippen molar-refractivity contribution in [1.29, 1.82) is 0 Å². The van der Waals surface area contributed by atoms with Gasteiger partial charge in [0.2, 0.25) is 5.88 Å². The maximum absolute atomic E-state index is 5.95. The van der Waals surface area contributed by atoms with Gasteiger partial charge in [0.25, 0.3) is 0 Å². The lowest BCUT2D eigenvalue weighted by Crippen LogP contribution is -2.27. The van der Waals surface area contributed by atoms with Crippen LogP contribution in [0.15, 0.2) is 12.1 Å². The molecule has 1 aliphatic rings. The summed E-state index contributed by atoms with van der Waals surface area (Å²) in [5, 5.41) is 0. The molecule has 0 radical (unpaired) electrons. The van der Waals surface area contributed by atoms with Crippen LogP contribution in [0, 0.1) is 11.8 Å². The van der Waals surface area contributed by atoms with E-state index in [1.54, 1.807) is 0 Å². The molecule has 1 saturated carbocycles. The summed E-state index contributed by atoms with van der Waals surface area (Å²) in [4.78, 5) is 6.82. The average Bonchev–Trinajstić information content (AvgIpc) is 2.47. The molecule has 0 aliphatic heterocycles. The van der Waals surface area contributed by atoms with Crippen molar-refractivity contribution < 1.29 is 4.74 Å². The Kier molecular flexibility index (Phi) is 5.71. The van der Waals surface area contributed by atoms with E-state index in [-0.39, 0.29) is 0 Å². The monoisotopic (exact) mass is 291 g/mol. The van der Waals surface area contributed by atoms with E-state index >= 15 is 0 Å². The largest absolute Gasteiger partial charge is 0.476 e. The lowest BCUT2D eigenvalue weighted by atomic mass is 9.89. The molecule has 2 rings (SSSR count). The fourth-order valence-electron chi connectivity index (χ4n) is 2.87. The van der Waals surface area contributed by atoms with Gasteiger partial charge in [0.15, 0.2) is 0 Å². The lowest BCUT2D eigenvalue weighted by Gasteiger charge is -2.28. The number of pyridine rings is 1. The highest BCUT2D eigenvalue weighted by atomic mass is 16.5. The van der Waals surface area contributed by atoms with Crippen LogP contribution in [0.2, 0.25) is 0 Å². The Morgan fingerprint density at radius 1 is 1.29 bits per heavy atom. The SMILES string of the molecule is CC(C)COc1nc(N(C)CC2CCCCC2)ccc1N. The van der Waals surface area contributed by atoms with Crippen LogP contribution in [0.5, 0.6) is 5.88 Å². The van der Waals surface area contributed by atoms with Crippen molar-refractivity contribution in [2.45, 2.75) is 46.0 Å². The number of nitrogen functional groups attached to an aromatic ring is 1. The minimum Gasteiger partial charge on any atom is -0.476 e. The molecule has 21 heavy (non-hydrogen) atoms. The maximum atomic E-state index is 5.95. The van der Waals surface area contributed by atoms with Crippen LogP contribution in [-0.4, -0.2) is 25.2 Å². The molecule has 1 aliphatic carbocycles. The molecule has 2 N–H and O–H groups in total. The van der Waals surface area contributed by atoms with E-state index in [1.807, 2.05) is 12.1 Å². The summed E-state index contributed by atoms with van der Waals surface area (Å²) in [6, 6.07) is 3.88. The summed E-state index contributed by atoms with van der Waals surface area (Å²) in [6.07, 6.45) is 6.83. The van der Waals surface area contributed by atoms with Gasteiger partial charge in [-0.05, 0) is 36.8 Å². The zero-order chi connectivity index (χ0) is 15.2. The Balaban J connectivity index is 1.99. The van der Waals surface area contributed by atoms with E-state index in [0.717, 1.165) is 18.3 Å². The van der Waals surface area contributed by atoms with Crippen molar-refractivity contribution in [1.82, 2.24) is 4.98 Å². The number of aromatic nitrogens is 1. The predicted octanol–water partition coefficient (Wildman–Crippen LogP) is 3.72. The zero-order valence-electron chi connectivity index (χ0n) is 13.6. The number of ether oxygens (including phenoxy) is 1. The van der Waals surface area contributed by atoms with Crippen molar-refractivity contribution >= 4 is 11.5 Å². The molecule has 0 saturated heterocycles. The van der Waals surface area contributed by atoms with Gasteiger partial charge in [-0.25, -0.2) is 0 Å². The first-order chi connectivity index (χ1) is 10.1. The number of nitrogens with zero attached hydrogens (tertiary/aromatic N) is 2. The number of hydrogen-bond donors (Lipinski definition) is 1. The Bertz CT molecular complexity index is 442. The quantitative estimate of drug-likeness (QED) is 0.868. The van der Waals surface area contributed by atoms with Crippen molar-refractivity contribution in [3.8, 4) is 5.88 Å². The smallest absolute Gasteiger partial charge is 0.239 e. The summed E-state index contributed by atoms with van der Waals surface area (Å²) in [5.41, 5.74) is 6.57. The second-order valence-corrected chi connectivity index (χ2v) is 6.65. The molecule has 0 aromatic carbocycles. The summed E-state index contributed by atoms with van der Waals surface area (Å²) in [7, 11) is 2.11. The third-order valence-electron chi connectivity index (χ3n) is 4.08. The second kappa shape index (κ2) is 7.53. The standard InChI is InChI=1S/C17H29N3O/c1-13(2)12-21-17-15(18)9-10-16(19-17)20(3)11-14-7-5-4-6-8-14/h9-10,13-14H,4-8,11-12,18H2,1-3H3. The first kappa shape index (κ1) is 15.9. The van der Waals surface area contributed by atoms with E-state index in [0.29, 0.717) is 24.1 Å². The van der Waals surface area contributed by atoms with Crippen LogP contribution in [0.3, 0.4) is 0 Å². The van der Waals surface area contributed by atoms with E-state index in [9.17, 15) is 0 Å². The molecule has 1 heterocycles. The normalized spacial score (nSPS) is 16.2.